The number of nitrogens with zero attached hydrogens (tertiary/aromatic N) is 3. The summed E-state index contributed by atoms with van der Waals surface area (Å²) in [5, 5.41) is 13.7. The largest absolute Gasteiger partial charge is 0.383 e. The normalized spacial score (nSPS) is 10.8. The van der Waals surface area contributed by atoms with E-state index in [1.165, 1.54) is 0 Å². The zero-order chi connectivity index (χ0) is 14.7. The molecule has 0 atom stereocenters. The molecule has 0 saturated heterocycles. The number of hydrogen-bond acceptors (Lipinski definition) is 3. The summed E-state index contributed by atoms with van der Waals surface area (Å²) >= 11 is 3.41. The van der Waals surface area contributed by atoms with E-state index >= 15 is 0 Å². The molecule has 0 radical (unpaired) electrons. The Morgan fingerprint density at radius 1 is 1.35 bits per heavy atom. The molecule has 0 fully saturated rings. The molecule has 4 nitrogen and oxygen atoms in total. The van der Waals surface area contributed by atoms with Crippen LogP contribution in [0.5, 0.6) is 0 Å². The average Bonchev–Trinajstić information content (AvgIpc) is 2.67. The van der Waals surface area contributed by atoms with E-state index in [4.69, 9.17) is 5.73 Å². The van der Waals surface area contributed by atoms with E-state index in [1.54, 1.807) is 4.68 Å². The molecule has 1 aromatic heterocycles. The molecule has 1 heterocycles. The monoisotopic (exact) mass is 332 g/mol. The van der Waals surface area contributed by atoms with Crippen LogP contribution in [0.4, 0.5) is 5.82 Å². The van der Waals surface area contributed by atoms with Gasteiger partial charge in [-0.1, -0.05) is 41.9 Å². The number of halogens is 1. The number of benzene rings is 1. The smallest absolute Gasteiger partial charge is 0.140 e. The third-order valence-electron chi connectivity index (χ3n) is 3.02. The number of nitrogen functional groups attached to an aromatic ring is 1. The van der Waals surface area contributed by atoms with E-state index in [9.17, 15) is 5.26 Å². The first-order valence-corrected chi connectivity index (χ1v) is 7.30. The second-order valence-corrected chi connectivity index (χ2v) is 6.12. The molecule has 1 aromatic carbocycles. The number of nitrogens with two attached hydrogens (primary N) is 1. The highest BCUT2D eigenvalue weighted by Gasteiger charge is 2.16. The standard InChI is InChI=1S/C15H17BrN4/c1-10(2)7-14-13(8-17)15(18)20(19-14)9-11-3-5-12(16)6-4-11/h3-6,10H,7,9,18H2,1-2H3. The third-order valence-corrected chi connectivity index (χ3v) is 3.55. The van der Waals surface area contributed by atoms with Gasteiger partial charge in [0.05, 0.1) is 12.2 Å². The number of rotatable bonds is 4. The number of hydrogen-bond donors (Lipinski definition) is 1. The third kappa shape index (κ3) is 3.20. The molecule has 0 bridgehead atoms. The average molecular weight is 333 g/mol. The summed E-state index contributed by atoms with van der Waals surface area (Å²) in [6.07, 6.45) is 0.764. The molecular formula is C15H17BrN4. The van der Waals surface area contributed by atoms with Crippen molar-refractivity contribution >= 4 is 21.7 Å². The summed E-state index contributed by atoms with van der Waals surface area (Å²) in [4.78, 5) is 0. The second kappa shape index (κ2) is 6.10. The summed E-state index contributed by atoms with van der Waals surface area (Å²) in [6, 6.07) is 10.2. The Balaban J connectivity index is 2.30. The van der Waals surface area contributed by atoms with Crippen LogP contribution in [-0.4, -0.2) is 9.78 Å². The Morgan fingerprint density at radius 3 is 2.55 bits per heavy atom. The first-order chi connectivity index (χ1) is 9.51. The lowest BCUT2D eigenvalue weighted by Gasteiger charge is -2.04. The minimum atomic E-state index is 0.442. The lowest BCUT2D eigenvalue weighted by atomic mass is 10.1. The fourth-order valence-electron chi connectivity index (χ4n) is 2.06. The minimum Gasteiger partial charge on any atom is -0.383 e. The summed E-state index contributed by atoms with van der Waals surface area (Å²) in [5.41, 5.74) is 8.44. The lowest BCUT2D eigenvalue weighted by Crippen LogP contribution is -2.06. The van der Waals surface area contributed by atoms with Crippen LogP contribution in [0.15, 0.2) is 28.7 Å². The van der Waals surface area contributed by atoms with E-state index in [-0.39, 0.29) is 0 Å². The van der Waals surface area contributed by atoms with Gasteiger partial charge in [0.25, 0.3) is 0 Å². The molecule has 104 valence electrons. The molecule has 0 amide bonds. The SMILES string of the molecule is CC(C)Cc1nn(Cc2ccc(Br)cc2)c(N)c1C#N. The molecule has 0 unspecified atom stereocenters. The molecule has 0 aliphatic rings. The second-order valence-electron chi connectivity index (χ2n) is 5.20. The van der Waals surface area contributed by atoms with Gasteiger partial charge in [-0.2, -0.15) is 10.4 Å². The van der Waals surface area contributed by atoms with Crippen LogP contribution >= 0.6 is 15.9 Å². The fourth-order valence-corrected chi connectivity index (χ4v) is 2.33. The Morgan fingerprint density at radius 2 is 2.00 bits per heavy atom. The van der Waals surface area contributed by atoms with Crippen LogP contribution in [-0.2, 0) is 13.0 Å². The Labute approximate surface area is 127 Å². The van der Waals surface area contributed by atoms with Crippen molar-refractivity contribution in [3.05, 3.63) is 45.6 Å². The topological polar surface area (TPSA) is 67.6 Å². The maximum Gasteiger partial charge on any atom is 0.140 e. The van der Waals surface area contributed by atoms with Gasteiger partial charge in [0, 0.05) is 4.47 Å². The van der Waals surface area contributed by atoms with Crippen molar-refractivity contribution in [1.29, 1.82) is 5.26 Å². The van der Waals surface area contributed by atoms with E-state index in [1.807, 2.05) is 24.3 Å². The highest BCUT2D eigenvalue weighted by molar-refractivity contribution is 9.10. The van der Waals surface area contributed by atoms with Gasteiger partial charge in [-0.25, -0.2) is 4.68 Å². The van der Waals surface area contributed by atoms with Gasteiger partial charge in [-0.15, -0.1) is 0 Å². The van der Waals surface area contributed by atoms with Crippen LogP contribution in [0.1, 0.15) is 30.7 Å². The van der Waals surface area contributed by atoms with Gasteiger partial charge in [0.15, 0.2) is 0 Å². The van der Waals surface area contributed by atoms with Crippen LogP contribution in [0, 0.1) is 17.2 Å². The molecule has 0 aliphatic carbocycles. The van der Waals surface area contributed by atoms with Crippen molar-refractivity contribution < 1.29 is 0 Å². The van der Waals surface area contributed by atoms with Crippen LogP contribution in [0.2, 0.25) is 0 Å². The Hall–Kier alpha value is -1.80. The zero-order valence-electron chi connectivity index (χ0n) is 11.6. The minimum absolute atomic E-state index is 0.442. The van der Waals surface area contributed by atoms with Gasteiger partial charge in [-0.05, 0) is 30.0 Å². The van der Waals surface area contributed by atoms with Crippen LogP contribution in [0.25, 0.3) is 0 Å². The molecule has 20 heavy (non-hydrogen) atoms. The Kier molecular flexibility index (Phi) is 4.46. The van der Waals surface area contributed by atoms with Crippen molar-refractivity contribution in [3.63, 3.8) is 0 Å². The highest BCUT2D eigenvalue weighted by Crippen LogP contribution is 2.20. The molecule has 5 heteroatoms. The first-order valence-electron chi connectivity index (χ1n) is 6.51. The highest BCUT2D eigenvalue weighted by atomic mass is 79.9. The van der Waals surface area contributed by atoms with Gasteiger partial charge < -0.3 is 5.73 Å². The molecule has 0 aliphatic heterocycles. The number of nitriles is 1. The van der Waals surface area contributed by atoms with Crippen molar-refractivity contribution in [1.82, 2.24) is 9.78 Å². The van der Waals surface area contributed by atoms with Crippen molar-refractivity contribution in [2.24, 2.45) is 5.92 Å². The van der Waals surface area contributed by atoms with Crippen LogP contribution < -0.4 is 5.73 Å². The summed E-state index contributed by atoms with van der Waals surface area (Å²) in [6.45, 7) is 4.78. The van der Waals surface area contributed by atoms with Gasteiger partial charge >= 0.3 is 0 Å². The van der Waals surface area contributed by atoms with Gasteiger partial charge in [0.2, 0.25) is 0 Å². The van der Waals surface area contributed by atoms with E-state index in [0.29, 0.717) is 23.8 Å². The van der Waals surface area contributed by atoms with Gasteiger partial charge in [-0.3, -0.25) is 0 Å². The Bertz CT molecular complexity index is 635. The van der Waals surface area contributed by atoms with E-state index in [0.717, 1.165) is 22.2 Å². The first kappa shape index (κ1) is 14.6. The maximum atomic E-state index is 9.24. The molecule has 2 N–H and O–H groups in total. The summed E-state index contributed by atoms with van der Waals surface area (Å²) in [7, 11) is 0. The fraction of sp³-hybridized carbons (Fsp3) is 0.333. The summed E-state index contributed by atoms with van der Waals surface area (Å²) in [5.74, 6) is 0.892. The predicted molar refractivity (Wildman–Crippen MR) is 83.1 cm³/mol. The van der Waals surface area contributed by atoms with Gasteiger partial charge in [0.1, 0.15) is 17.5 Å². The number of anilines is 1. The molecule has 2 aromatic rings. The maximum absolute atomic E-state index is 9.24. The molecule has 0 spiro atoms. The molecule has 2 rings (SSSR count). The molecule has 0 saturated carbocycles. The van der Waals surface area contributed by atoms with Crippen molar-refractivity contribution in [3.8, 4) is 6.07 Å². The van der Waals surface area contributed by atoms with Crippen LogP contribution in [0.3, 0.4) is 0 Å². The lowest BCUT2D eigenvalue weighted by molar-refractivity contribution is 0.609. The van der Waals surface area contributed by atoms with E-state index in [2.05, 4.69) is 40.9 Å². The zero-order valence-corrected chi connectivity index (χ0v) is 13.2. The number of aromatic nitrogens is 2. The summed E-state index contributed by atoms with van der Waals surface area (Å²) < 4.78 is 2.74. The quantitative estimate of drug-likeness (QED) is 0.933. The molecular weight excluding hydrogens is 316 g/mol. The van der Waals surface area contributed by atoms with Crippen molar-refractivity contribution in [2.75, 3.05) is 5.73 Å². The van der Waals surface area contributed by atoms with Crippen molar-refractivity contribution in [2.45, 2.75) is 26.8 Å². The predicted octanol–water partition coefficient (Wildman–Crippen LogP) is 3.35. The van der Waals surface area contributed by atoms with E-state index < -0.39 is 0 Å².